The molecule has 1 fully saturated rings. The normalized spacial score (nSPS) is 16.8. The molecule has 1 saturated carbocycles. The van der Waals surface area contributed by atoms with Gasteiger partial charge in [-0.15, -0.1) is 0 Å². The third-order valence-electron chi connectivity index (χ3n) is 2.93. The predicted molar refractivity (Wildman–Crippen MR) is 58.1 cm³/mol. The average molecular weight is 222 g/mol. The molecule has 0 radical (unpaired) electrons. The lowest BCUT2D eigenvalue weighted by molar-refractivity contribution is 0.0930. The van der Waals surface area contributed by atoms with Crippen molar-refractivity contribution in [1.29, 1.82) is 0 Å². The number of amides is 1. The molecule has 1 aromatic rings. The number of carbonyl (C=O) groups excluding carboxylic acids is 1. The maximum absolute atomic E-state index is 11.6. The van der Waals surface area contributed by atoms with E-state index in [4.69, 9.17) is 5.11 Å². The first kappa shape index (κ1) is 10.9. The molecule has 0 bridgehead atoms. The van der Waals surface area contributed by atoms with E-state index in [-0.39, 0.29) is 29.2 Å². The average Bonchev–Trinajstić information content (AvgIpc) is 3.07. The highest BCUT2D eigenvalue weighted by molar-refractivity contribution is 5.92. The summed E-state index contributed by atoms with van der Waals surface area (Å²) >= 11 is 0. The number of aliphatic hydroxyl groups excluding tert-OH is 1. The quantitative estimate of drug-likeness (QED) is 0.664. The SMILES string of the molecule is O=C(NCC1(CO)CC1)c1cccc(=O)[nH]1. The Hall–Kier alpha value is -1.62. The third kappa shape index (κ3) is 2.30. The first-order valence-electron chi connectivity index (χ1n) is 5.24. The maximum Gasteiger partial charge on any atom is 0.267 e. The Bertz CT molecular complexity index is 449. The summed E-state index contributed by atoms with van der Waals surface area (Å²) in [5.74, 6) is -0.308. The highest BCUT2D eigenvalue weighted by Gasteiger charge is 2.42. The molecular weight excluding hydrogens is 208 g/mol. The Morgan fingerprint density at radius 3 is 2.81 bits per heavy atom. The molecular formula is C11H14N2O3. The van der Waals surface area contributed by atoms with Crippen LogP contribution in [0.4, 0.5) is 0 Å². The van der Waals surface area contributed by atoms with Crippen LogP contribution < -0.4 is 10.9 Å². The number of pyridine rings is 1. The van der Waals surface area contributed by atoms with E-state index < -0.39 is 0 Å². The molecule has 0 spiro atoms. The number of hydrogen-bond donors (Lipinski definition) is 3. The van der Waals surface area contributed by atoms with Gasteiger partial charge in [0.15, 0.2) is 0 Å². The minimum atomic E-state index is -0.308. The van der Waals surface area contributed by atoms with Crippen LogP contribution in [0.25, 0.3) is 0 Å². The van der Waals surface area contributed by atoms with E-state index >= 15 is 0 Å². The van der Waals surface area contributed by atoms with Crippen LogP contribution in [-0.4, -0.2) is 29.1 Å². The van der Waals surface area contributed by atoms with Crippen molar-refractivity contribution in [3.05, 3.63) is 34.2 Å². The molecule has 0 atom stereocenters. The molecule has 0 aromatic carbocycles. The van der Waals surface area contributed by atoms with Crippen molar-refractivity contribution in [3.8, 4) is 0 Å². The number of rotatable bonds is 4. The van der Waals surface area contributed by atoms with Crippen molar-refractivity contribution in [3.63, 3.8) is 0 Å². The zero-order valence-corrected chi connectivity index (χ0v) is 8.82. The maximum atomic E-state index is 11.6. The first-order chi connectivity index (χ1) is 7.65. The lowest BCUT2D eigenvalue weighted by Crippen LogP contribution is -2.33. The van der Waals surface area contributed by atoms with Crippen LogP contribution in [-0.2, 0) is 0 Å². The van der Waals surface area contributed by atoms with E-state index in [1.165, 1.54) is 12.1 Å². The molecule has 5 nitrogen and oxygen atoms in total. The molecule has 5 heteroatoms. The lowest BCUT2D eigenvalue weighted by atomic mass is 10.1. The minimum absolute atomic E-state index is 0.0958. The zero-order chi connectivity index (χ0) is 11.6. The van der Waals surface area contributed by atoms with Crippen molar-refractivity contribution >= 4 is 5.91 Å². The second-order valence-electron chi connectivity index (χ2n) is 4.27. The number of nitrogens with one attached hydrogen (secondary N) is 2. The van der Waals surface area contributed by atoms with Gasteiger partial charge in [-0.3, -0.25) is 9.59 Å². The number of H-pyrrole nitrogens is 1. The van der Waals surface area contributed by atoms with Crippen LogP contribution in [0.3, 0.4) is 0 Å². The summed E-state index contributed by atoms with van der Waals surface area (Å²) in [6, 6.07) is 4.44. The van der Waals surface area contributed by atoms with Gasteiger partial charge in [-0.05, 0) is 18.9 Å². The Morgan fingerprint density at radius 1 is 1.50 bits per heavy atom. The molecule has 0 aliphatic heterocycles. The van der Waals surface area contributed by atoms with Gasteiger partial charge in [-0.1, -0.05) is 6.07 Å². The minimum Gasteiger partial charge on any atom is -0.396 e. The van der Waals surface area contributed by atoms with Gasteiger partial charge in [0, 0.05) is 18.0 Å². The molecule has 16 heavy (non-hydrogen) atoms. The summed E-state index contributed by atoms with van der Waals surface area (Å²) in [5.41, 5.74) is -0.165. The van der Waals surface area contributed by atoms with Gasteiger partial charge >= 0.3 is 0 Å². The largest absolute Gasteiger partial charge is 0.396 e. The molecule has 1 aliphatic rings. The molecule has 1 amide bonds. The van der Waals surface area contributed by atoms with Crippen LogP contribution in [0.1, 0.15) is 23.3 Å². The standard InChI is InChI=1S/C11H14N2O3/c14-7-11(4-5-11)6-12-10(16)8-2-1-3-9(15)13-8/h1-3,14H,4-7H2,(H,12,16)(H,13,15). The number of aliphatic hydroxyl groups is 1. The Balaban J connectivity index is 1.96. The van der Waals surface area contributed by atoms with E-state index in [1.54, 1.807) is 6.07 Å². The molecule has 0 unspecified atom stereocenters. The van der Waals surface area contributed by atoms with E-state index in [1.807, 2.05) is 0 Å². The number of hydrogen-bond acceptors (Lipinski definition) is 3. The lowest BCUT2D eigenvalue weighted by Gasteiger charge is -2.12. The van der Waals surface area contributed by atoms with Crippen molar-refractivity contribution in [2.45, 2.75) is 12.8 Å². The fourth-order valence-corrected chi connectivity index (χ4v) is 1.51. The van der Waals surface area contributed by atoms with Crippen molar-refractivity contribution in [2.75, 3.05) is 13.2 Å². The summed E-state index contributed by atoms with van der Waals surface area (Å²) in [6.45, 7) is 0.553. The smallest absolute Gasteiger partial charge is 0.267 e. The summed E-state index contributed by atoms with van der Waals surface area (Å²) in [6.07, 6.45) is 1.88. The van der Waals surface area contributed by atoms with Gasteiger partial charge in [-0.25, -0.2) is 0 Å². The Morgan fingerprint density at radius 2 is 2.25 bits per heavy atom. The summed E-state index contributed by atoms with van der Waals surface area (Å²) in [7, 11) is 0. The molecule has 1 aliphatic carbocycles. The van der Waals surface area contributed by atoms with Gasteiger partial charge in [-0.2, -0.15) is 0 Å². The number of carbonyl (C=O) groups is 1. The predicted octanol–water partition coefficient (Wildman–Crippen LogP) is -0.123. The molecule has 3 N–H and O–H groups in total. The zero-order valence-electron chi connectivity index (χ0n) is 8.82. The van der Waals surface area contributed by atoms with Gasteiger partial charge in [0.2, 0.25) is 5.56 Å². The Kier molecular flexibility index (Phi) is 2.78. The van der Waals surface area contributed by atoms with Gasteiger partial charge < -0.3 is 15.4 Å². The van der Waals surface area contributed by atoms with Crippen molar-refractivity contribution < 1.29 is 9.90 Å². The van der Waals surface area contributed by atoms with Gasteiger partial charge in [0.1, 0.15) is 5.69 Å². The van der Waals surface area contributed by atoms with Crippen molar-refractivity contribution in [1.82, 2.24) is 10.3 Å². The fourth-order valence-electron chi connectivity index (χ4n) is 1.51. The number of aromatic amines is 1. The molecule has 86 valence electrons. The summed E-state index contributed by atoms with van der Waals surface area (Å²) < 4.78 is 0. The first-order valence-corrected chi connectivity index (χ1v) is 5.24. The molecule has 1 aromatic heterocycles. The third-order valence-corrected chi connectivity index (χ3v) is 2.93. The van der Waals surface area contributed by atoms with E-state index in [0.717, 1.165) is 12.8 Å². The van der Waals surface area contributed by atoms with Crippen molar-refractivity contribution in [2.24, 2.45) is 5.41 Å². The molecule has 2 rings (SSSR count). The van der Waals surface area contributed by atoms with Crippen LogP contribution >= 0.6 is 0 Å². The van der Waals surface area contributed by atoms with E-state index in [0.29, 0.717) is 6.54 Å². The number of aromatic nitrogens is 1. The van der Waals surface area contributed by atoms with Gasteiger partial charge in [0.05, 0.1) is 6.61 Å². The molecule has 1 heterocycles. The second-order valence-corrected chi connectivity index (χ2v) is 4.27. The summed E-state index contributed by atoms with van der Waals surface area (Å²) in [5, 5.41) is 11.8. The van der Waals surface area contributed by atoms with Gasteiger partial charge in [0.25, 0.3) is 5.91 Å². The van der Waals surface area contributed by atoms with E-state index in [2.05, 4.69) is 10.3 Å². The van der Waals surface area contributed by atoms with Crippen LogP contribution in [0.15, 0.2) is 23.0 Å². The fraction of sp³-hybridized carbons (Fsp3) is 0.455. The monoisotopic (exact) mass is 222 g/mol. The molecule has 0 saturated heterocycles. The highest BCUT2D eigenvalue weighted by atomic mass is 16.3. The Labute approximate surface area is 92.5 Å². The van der Waals surface area contributed by atoms with E-state index in [9.17, 15) is 9.59 Å². The van der Waals surface area contributed by atoms with Crippen LogP contribution in [0.5, 0.6) is 0 Å². The second kappa shape index (κ2) is 4.09. The highest BCUT2D eigenvalue weighted by Crippen LogP contribution is 2.44. The van der Waals surface area contributed by atoms with Crippen LogP contribution in [0, 0.1) is 5.41 Å². The van der Waals surface area contributed by atoms with Crippen LogP contribution in [0.2, 0.25) is 0 Å². The topological polar surface area (TPSA) is 82.2 Å². The summed E-state index contributed by atoms with van der Waals surface area (Å²) in [4.78, 5) is 25.1.